The molecule has 1 aromatic heterocycles. The summed E-state index contributed by atoms with van der Waals surface area (Å²) in [7, 11) is 0. The Morgan fingerprint density at radius 1 is 1.40 bits per heavy atom. The van der Waals surface area contributed by atoms with Crippen molar-refractivity contribution >= 4 is 11.5 Å². The largest absolute Gasteiger partial charge is 0.364 e. The SMILES string of the molecule is Cc1ccnc(NCC2Cc3ccccc32)c1[N+](=O)[O-]. The quantitative estimate of drug-likeness (QED) is 0.684. The molecule has 1 aromatic carbocycles. The summed E-state index contributed by atoms with van der Waals surface area (Å²) in [5, 5.41) is 14.2. The van der Waals surface area contributed by atoms with Gasteiger partial charge >= 0.3 is 5.69 Å². The monoisotopic (exact) mass is 269 g/mol. The number of hydrogen-bond donors (Lipinski definition) is 1. The molecule has 0 spiro atoms. The molecule has 5 heteroatoms. The van der Waals surface area contributed by atoms with Crippen LogP contribution in [-0.4, -0.2) is 16.5 Å². The predicted octanol–water partition coefficient (Wildman–Crippen LogP) is 3.05. The third-order valence-corrected chi connectivity index (χ3v) is 3.79. The fraction of sp³-hybridized carbons (Fsp3) is 0.267. The smallest absolute Gasteiger partial charge is 0.314 e. The lowest BCUT2D eigenvalue weighted by Crippen LogP contribution is -2.24. The minimum Gasteiger partial charge on any atom is -0.364 e. The number of hydrogen-bond acceptors (Lipinski definition) is 4. The Kier molecular flexibility index (Phi) is 3.10. The molecule has 0 aliphatic heterocycles. The second-order valence-corrected chi connectivity index (χ2v) is 5.06. The van der Waals surface area contributed by atoms with Crippen LogP contribution in [0.25, 0.3) is 0 Å². The van der Waals surface area contributed by atoms with Crippen molar-refractivity contribution in [3.8, 4) is 0 Å². The van der Waals surface area contributed by atoms with Crippen LogP contribution in [0.5, 0.6) is 0 Å². The predicted molar refractivity (Wildman–Crippen MR) is 77.0 cm³/mol. The van der Waals surface area contributed by atoms with Crippen LogP contribution < -0.4 is 5.32 Å². The van der Waals surface area contributed by atoms with Gasteiger partial charge in [-0.05, 0) is 30.5 Å². The number of fused-ring (bicyclic) bond motifs is 1. The lowest BCUT2D eigenvalue weighted by atomic mass is 9.77. The van der Waals surface area contributed by atoms with Crippen molar-refractivity contribution in [1.29, 1.82) is 0 Å². The van der Waals surface area contributed by atoms with Crippen LogP contribution in [0.1, 0.15) is 22.6 Å². The highest BCUT2D eigenvalue weighted by Gasteiger charge is 2.26. The van der Waals surface area contributed by atoms with Crippen LogP contribution in [0, 0.1) is 17.0 Å². The highest BCUT2D eigenvalue weighted by Crippen LogP contribution is 2.35. The number of nitrogens with zero attached hydrogens (tertiary/aromatic N) is 2. The standard InChI is InChI=1S/C15H15N3O2/c1-10-6-7-16-15(14(10)18(19)20)17-9-12-8-11-4-2-3-5-13(11)12/h2-7,12H,8-9H2,1H3,(H,16,17). The first-order valence-electron chi connectivity index (χ1n) is 6.58. The Bertz CT molecular complexity index is 670. The fourth-order valence-electron chi connectivity index (χ4n) is 2.67. The summed E-state index contributed by atoms with van der Waals surface area (Å²) in [6.07, 6.45) is 2.61. The molecular weight excluding hydrogens is 254 g/mol. The maximum absolute atomic E-state index is 11.1. The minimum absolute atomic E-state index is 0.0695. The Morgan fingerprint density at radius 2 is 2.20 bits per heavy atom. The molecule has 0 saturated carbocycles. The molecular formula is C15H15N3O2. The third kappa shape index (κ3) is 2.11. The first kappa shape index (κ1) is 12.6. The number of anilines is 1. The molecule has 1 aliphatic carbocycles. The molecule has 1 atom stereocenters. The fourth-order valence-corrected chi connectivity index (χ4v) is 2.67. The van der Waals surface area contributed by atoms with Crippen LogP contribution in [0.3, 0.4) is 0 Å². The van der Waals surface area contributed by atoms with Crippen LogP contribution in [0.15, 0.2) is 36.5 Å². The molecule has 0 fully saturated rings. The zero-order valence-corrected chi connectivity index (χ0v) is 11.2. The summed E-state index contributed by atoms with van der Waals surface area (Å²) in [4.78, 5) is 14.8. The number of nitro groups is 1. The molecule has 102 valence electrons. The lowest BCUT2D eigenvalue weighted by Gasteiger charge is -2.30. The van der Waals surface area contributed by atoms with Crippen LogP contribution in [0.2, 0.25) is 0 Å². The van der Waals surface area contributed by atoms with Crippen LogP contribution in [0.4, 0.5) is 11.5 Å². The molecule has 2 aromatic rings. The van der Waals surface area contributed by atoms with Gasteiger partial charge in [-0.15, -0.1) is 0 Å². The van der Waals surface area contributed by atoms with Gasteiger partial charge in [0.15, 0.2) is 0 Å². The molecule has 5 nitrogen and oxygen atoms in total. The molecule has 1 aliphatic rings. The lowest BCUT2D eigenvalue weighted by molar-refractivity contribution is -0.384. The van der Waals surface area contributed by atoms with Crippen molar-refractivity contribution in [1.82, 2.24) is 4.98 Å². The van der Waals surface area contributed by atoms with Crippen LogP contribution >= 0.6 is 0 Å². The molecule has 1 N–H and O–H groups in total. The molecule has 0 radical (unpaired) electrons. The summed E-state index contributed by atoms with van der Waals surface area (Å²) < 4.78 is 0. The normalized spacial score (nSPS) is 16.1. The topological polar surface area (TPSA) is 68.1 Å². The van der Waals surface area contributed by atoms with E-state index >= 15 is 0 Å². The van der Waals surface area contributed by atoms with E-state index in [0.717, 1.165) is 6.42 Å². The summed E-state index contributed by atoms with van der Waals surface area (Å²) in [6, 6.07) is 9.96. The van der Waals surface area contributed by atoms with Gasteiger partial charge in [-0.3, -0.25) is 10.1 Å². The summed E-state index contributed by atoms with van der Waals surface area (Å²) in [5.41, 5.74) is 3.39. The van der Waals surface area contributed by atoms with Crippen molar-refractivity contribution in [3.63, 3.8) is 0 Å². The van der Waals surface area contributed by atoms with E-state index in [4.69, 9.17) is 0 Å². The van der Waals surface area contributed by atoms with Gasteiger partial charge in [0.1, 0.15) is 0 Å². The van der Waals surface area contributed by atoms with E-state index in [9.17, 15) is 10.1 Å². The average Bonchev–Trinajstić information content (AvgIpc) is 2.39. The Hall–Kier alpha value is -2.43. The van der Waals surface area contributed by atoms with Crippen LogP contribution in [-0.2, 0) is 6.42 Å². The molecule has 0 saturated heterocycles. The first-order valence-corrected chi connectivity index (χ1v) is 6.58. The van der Waals surface area contributed by atoms with Gasteiger partial charge in [0.25, 0.3) is 0 Å². The maximum Gasteiger partial charge on any atom is 0.314 e. The number of pyridine rings is 1. The van der Waals surface area contributed by atoms with Gasteiger partial charge < -0.3 is 5.32 Å². The van der Waals surface area contributed by atoms with Gasteiger partial charge in [-0.1, -0.05) is 24.3 Å². The number of aryl methyl sites for hydroxylation is 1. The van der Waals surface area contributed by atoms with Gasteiger partial charge in [0.2, 0.25) is 5.82 Å². The van der Waals surface area contributed by atoms with Crippen molar-refractivity contribution in [2.75, 3.05) is 11.9 Å². The first-order chi connectivity index (χ1) is 9.66. The van der Waals surface area contributed by atoms with E-state index < -0.39 is 0 Å². The highest BCUT2D eigenvalue weighted by molar-refractivity contribution is 5.60. The molecule has 0 amide bonds. The van der Waals surface area contributed by atoms with E-state index in [1.165, 1.54) is 11.1 Å². The Labute approximate surface area is 116 Å². The Balaban J connectivity index is 1.75. The van der Waals surface area contributed by atoms with Crippen molar-refractivity contribution in [3.05, 3.63) is 63.3 Å². The van der Waals surface area contributed by atoms with E-state index in [-0.39, 0.29) is 10.6 Å². The van der Waals surface area contributed by atoms with Gasteiger partial charge in [0.05, 0.1) is 4.92 Å². The highest BCUT2D eigenvalue weighted by atomic mass is 16.6. The molecule has 3 rings (SSSR count). The minimum atomic E-state index is -0.376. The number of nitrogens with one attached hydrogen (secondary N) is 1. The van der Waals surface area contributed by atoms with Gasteiger partial charge in [-0.25, -0.2) is 4.98 Å². The zero-order valence-electron chi connectivity index (χ0n) is 11.2. The Morgan fingerprint density at radius 3 is 2.95 bits per heavy atom. The number of benzene rings is 1. The second kappa shape index (κ2) is 4.92. The summed E-state index contributed by atoms with van der Waals surface area (Å²) in [5.74, 6) is 0.771. The maximum atomic E-state index is 11.1. The summed E-state index contributed by atoms with van der Waals surface area (Å²) >= 11 is 0. The number of rotatable bonds is 4. The van der Waals surface area contributed by atoms with Gasteiger partial charge in [-0.2, -0.15) is 0 Å². The number of aromatic nitrogens is 1. The van der Waals surface area contributed by atoms with Crippen molar-refractivity contribution in [2.45, 2.75) is 19.3 Å². The van der Waals surface area contributed by atoms with E-state index in [0.29, 0.717) is 23.8 Å². The third-order valence-electron chi connectivity index (χ3n) is 3.79. The van der Waals surface area contributed by atoms with Crippen molar-refractivity contribution < 1.29 is 4.92 Å². The second-order valence-electron chi connectivity index (χ2n) is 5.06. The molecule has 1 heterocycles. The zero-order chi connectivity index (χ0) is 14.1. The van der Waals surface area contributed by atoms with Gasteiger partial charge in [0, 0.05) is 24.2 Å². The van der Waals surface area contributed by atoms with E-state index in [1.54, 1.807) is 19.2 Å². The average molecular weight is 269 g/mol. The summed E-state index contributed by atoms with van der Waals surface area (Å²) in [6.45, 7) is 2.40. The molecule has 1 unspecified atom stereocenters. The molecule has 0 bridgehead atoms. The molecule has 20 heavy (non-hydrogen) atoms. The van der Waals surface area contributed by atoms with Crippen molar-refractivity contribution in [2.24, 2.45) is 0 Å². The van der Waals surface area contributed by atoms with E-state index in [2.05, 4.69) is 22.4 Å². The van der Waals surface area contributed by atoms with E-state index in [1.807, 2.05) is 12.1 Å².